The average molecular weight is 440 g/mol. The van der Waals surface area contributed by atoms with Crippen LogP contribution in [-0.2, 0) is 0 Å². The maximum absolute atomic E-state index is 12.4. The van der Waals surface area contributed by atoms with Gasteiger partial charge in [0, 0.05) is 42.6 Å². The summed E-state index contributed by atoms with van der Waals surface area (Å²) < 4.78 is 7.52. The zero-order valence-electron chi connectivity index (χ0n) is 17.2. The van der Waals surface area contributed by atoms with Gasteiger partial charge in [0.2, 0.25) is 11.8 Å². The van der Waals surface area contributed by atoms with E-state index in [2.05, 4.69) is 20.4 Å². The Balaban J connectivity index is 1.63. The third kappa shape index (κ3) is 3.34. The Bertz CT molecular complexity index is 1250. The number of nitrogens with one attached hydrogen (secondary N) is 1. The van der Waals surface area contributed by atoms with Crippen LogP contribution in [0.25, 0.3) is 28.1 Å². The van der Waals surface area contributed by atoms with Gasteiger partial charge in [0.25, 0.3) is 0 Å². The van der Waals surface area contributed by atoms with E-state index in [0.29, 0.717) is 54.4 Å². The molecule has 0 aliphatic carbocycles. The van der Waals surface area contributed by atoms with E-state index in [1.807, 2.05) is 53.5 Å². The van der Waals surface area contributed by atoms with Crippen LogP contribution in [0, 0.1) is 0 Å². The monoisotopic (exact) mass is 439 g/mol. The summed E-state index contributed by atoms with van der Waals surface area (Å²) in [6.07, 6.45) is 1.61. The lowest BCUT2D eigenvalue weighted by Crippen LogP contribution is -2.57. The Hall–Kier alpha value is -3.33. The molecule has 10 heteroatoms. The number of amides is 2. The van der Waals surface area contributed by atoms with Crippen LogP contribution in [0.4, 0.5) is 10.7 Å². The number of fused-ring (bicyclic) bond motifs is 3. The van der Waals surface area contributed by atoms with E-state index >= 15 is 0 Å². The van der Waals surface area contributed by atoms with Crippen molar-refractivity contribution < 1.29 is 9.21 Å². The number of carbonyl (C=O) groups is 1. The molecule has 1 unspecified atom stereocenters. The Morgan fingerprint density at radius 3 is 2.90 bits per heavy atom. The number of anilines is 1. The van der Waals surface area contributed by atoms with Crippen LogP contribution in [0.2, 0.25) is 5.02 Å². The van der Waals surface area contributed by atoms with E-state index in [-0.39, 0.29) is 12.1 Å². The first kappa shape index (κ1) is 19.6. The third-order valence-corrected chi connectivity index (χ3v) is 5.76. The van der Waals surface area contributed by atoms with Crippen LogP contribution in [0.5, 0.6) is 0 Å². The molecule has 1 aliphatic rings. The molecule has 0 radical (unpaired) electrons. The fraction of sp³-hybridized carbons (Fsp3) is 0.333. The molecule has 1 atom stereocenters. The second-order valence-electron chi connectivity index (χ2n) is 7.56. The predicted octanol–water partition coefficient (Wildman–Crippen LogP) is 3.43. The molecule has 0 bridgehead atoms. The minimum absolute atomic E-state index is 0.00996. The highest BCUT2D eigenvalue weighted by molar-refractivity contribution is 6.31. The maximum Gasteiger partial charge on any atom is 0.317 e. The number of benzene rings is 1. The molecule has 9 nitrogen and oxygen atoms in total. The van der Waals surface area contributed by atoms with Crippen molar-refractivity contribution in [2.45, 2.75) is 19.9 Å². The number of hydrogen-bond donors (Lipinski definition) is 1. The first-order valence-electron chi connectivity index (χ1n) is 10.2. The lowest BCUT2D eigenvalue weighted by atomic mass is 10.2. The standard InChI is InChI=1S/C21H22ClN7O2/c1-3-23-21(30)28-9-8-27(12-13(28)2)20-24-16-11-14(22)6-7-15(16)18-25-26-19(29(18)20)17-5-4-10-31-17/h4-7,10-11,13H,3,8-9,12H2,1-2H3,(H,23,30). The largest absolute Gasteiger partial charge is 0.461 e. The van der Waals surface area contributed by atoms with E-state index in [0.717, 1.165) is 10.9 Å². The van der Waals surface area contributed by atoms with Crippen molar-refractivity contribution in [3.8, 4) is 11.6 Å². The summed E-state index contributed by atoms with van der Waals surface area (Å²) in [5, 5.41) is 13.2. The number of furan rings is 1. The summed E-state index contributed by atoms with van der Waals surface area (Å²) in [4.78, 5) is 21.3. The summed E-state index contributed by atoms with van der Waals surface area (Å²) in [5.41, 5.74) is 1.43. The first-order chi connectivity index (χ1) is 15.1. The molecule has 0 spiro atoms. The SMILES string of the molecule is CCNC(=O)N1CCN(c2nc3cc(Cl)ccc3c3nnc(-c4ccco4)n23)CC1C. The Morgan fingerprint density at radius 1 is 1.29 bits per heavy atom. The number of aromatic nitrogens is 4. The van der Waals surface area contributed by atoms with Gasteiger partial charge in [-0.3, -0.25) is 0 Å². The smallest absolute Gasteiger partial charge is 0.317 e. The molecule has 3 aromatic heterocycles. The van der Waals surface area contributed by atoms with Crippen molar-refractivity contribution in [2.75, 3.05) is 31.1 Å². The lowest BCUT2D eigenvalue weighted by Gasteiger charge is -2.40. The molecule has 1 N–H and O–H groups in total. The van der Waals surface area contributed by atoms with Gasteiger partial charge < -0.3 is 19.5 Å². The predicted molar refractivity (Wildman–Crippen MR) is 118 cm³/mol. The average Bonchev–Trinajstić information content (AvgIpc) is 3.43. The van der Waals surface area contributed by atoms with Gasteiger partial charge in [0.15, 0.2) is 11.4 Å². The lowest BCUT2D eigenvalue weighted by molar-refractivity contribution is 0.171. The highest BCUT2D eigenvalue weighted by Crippen LogP contribution is 2.30. The summed E-state index contributed by atoms with van der Waals surface area (Å²) >= 11 is 6.24. The van der Waals surface area contributed by atoms with E-state index in [9.17, 15) is 4.79 Å². The molecular formula is C21H22ClN7O2. The number of hydrogen-bond acceptors (Lipinski definition) is 6. The molecule has 1 fully saturated rings. The Labute approximate surface area is 183 Å². The van der Waals surface area contributed by atoms with Gasteiger partial charge in [-0.25, -0.2) is 14.2 Å². The topological polar surface area (TPSA) is 91.8 Å². The molecule has 0 saturated carbocycles. The summed E-state index contributed by atoms with van der Waals surface area (Å²) in [7, 11) is 0. The second-order valence-corrected chi connectivity index (χ2v) is 7.99. The second kappa shape index (κ2) is 7.73. The molecule has 160 valence electrons. The van der Waals surface area contributed by atoms with E-state index in [1.54, 1.807) is 6.26 Å². The normalized spacial score (nSPS) is 16.9. The molecular weight excluding hydrogens is 418 g/mol. The summed E-state index contributed by atoms with van der Waals surface area (Å²) in [6, 6.07) is 9.18. The number of piperazine rings is 1. The molecule has 31 heavy (non-hydrogen) atoms. The van der Waals surface area contributed by atoms with Gasteiger partial charge in [-0.2, -0.15) is 0 Å². The van der Waals surface area contributed by atoms with Gasteiger partial charge in [0.1, 0.15) is 0 Å². The van der Waals surface area contributed by atoms with Crippen LogP contribution >= 0.6 is 11.6 Å². The summed E-state index contributed by atoms with van der Waals surface area (Å²) in [6.45, 7) is 6.40. The highest BCUT2D eigenvalue weighted by Gasteiger charge is 2.30. The van der Waals surface area contributed by atoms with E-state index < -0.39 is 0 Å². The van der Waals surface area contributed by atoms with Crippen LogP contribution in [-0.4, -0.2) is 62.7 Å². The maximum atomic E-state index is 12.4. The molecule has 1 aliphatic heterocycles. The Kier molecular flexibility index (Phi) is 4.90. The van der Waals surface area contributed by atoms with Crippen molar-refractivity contribution in [1.82, 2.24) is 29.8 Å². The van der Waals surface area contributed by atoms with Crippen LogP contribution in [0.3, 0.4) is 0 Å². The Morgan fingerprint density at radius 2 is 2.16 bits per heavy atom. The van der Waals surface area contributed by atoms with Crippen molar-refractivity contribution in [3.05, 3.63) is 41.6 Å². The molecule has 1 aromatic carbocycles. The third-order valence-electron chi connectivity index (χ3n) is 5.52. The van der Waals surface area contributed by atoms with Gasteiger partial charge in [-0.15, -0.1) is 10.2 Å². The fourth-order valence-corrected chi connectivity index (χ4v) is 4.23. The zero-order chi connectivity index (χ0) is 21.5. The first-order valence-corrected chi connectivity index (χ1v) is 10.6. The van der Waals surface area contributed by atoms with Crippen molar-refractivity contribution in [3.63, 3.8) is 0 Å². The van der Waals surface area contributed by atoms with E-state index in [1.165, 1.54) is 0 Å². The number of nitrogens with zero attached hydrogens (tertiary/aromatic N) is 6. The van der Waals surface area contributed by atoms with Gasteiger partial charge >= 0.3 is 6.03 Å². The molecule has 2 amide bonds. The number of halogens is 1. The minimum atomic E-state index is -0.0429. The van der Waals surface area contributed by atoms with Crippen LogP contribution in [0.1, 0.15) is 13.8 Å². The van der Waals surface area contributed by atoms with Crippen molar-refractivity contribution >= 4 is 40.1 Å². The zero-order valence-corrected chi connectivity index (χ0v) is 18.0. The van der Waals surface area contributed by atoms with E-state index in [4.69, 9.17) is 21.0 Å². The number of rotatable bonds is 3. The van der Waals surface area contributed by atoms with Crippen molar-refractivity contribution in [2.24, 2.45) is 0 Å². The van der Waals surface area contributed by atoms with Crippen molar-refractivity contribution in [1.29, 1.82) is 0 Å². The van der Waals surface area contributed by atoms with Crippen LogP contribution < -0.4 is 10.2 Å². The quantitative estimate of drug-likeness (QED) is 0.525. The van der Waals surface area contributed by atoms with Gasteiger partial charge in [0.05, 0.1) is 11.8 Å². The number of carbonyl (C=O) groups excluding carboxylic acids is 1. The number of urea groups is 1. The molecule has 4 aromatic rings. The molecule has 4 heterocycles. The van der Waals surface area contributed by atoms with Crippen LogP contribution in [0.15, 0.2) is 41.0 Å². The molecule has 5 rings (SSSR count). The summed E-state index contributed by atoms with van der Waals surface area (Å²) in [5.74, 6) is 1.89. The fourth-order valence-electron chi connectivity index (χ4n) is 4.06. The highest BCUT2D eigenvalue weighted by atomic mass is 35.5. The van der Waals surface area contributed by atoms with Gasteiger partial charge in [-0.1, -0.05) is 11.6 Å². The minimum Gasteiger partial charge on any atom is -0.461 e. The molecule has 1 saturated heterocycles. The van der Waals surface area contributed by atoms with Gasteiger partial charge in [-0.05, 0) is 44.2 Å².